The van der Waals surface area contributed by atoms with Crippen LogP contribution in [0.15, 0.2) is 83.8 Å². The summed E-state index contributed by atoms with van der Waals surface area (Å²) in [6.45, 7) is 0.321. The molecule has 0 amide bonds. The van der Waals surface area contributed by atoms with Crippen molar-refractivity contribution in [2.24, 2.45) is 5.92 Å². The molecule has 0 bridgehead atoms. The van der Waals surface area contributed by atoms with Crippen LogP contribution in [0, 0.1) is 5.92 Å². The maximum Gasteiger partial charge on any atom is 0.243 e. The van der Waals surface area contributed by atoms with Crippen LogP contribution >= 0.6 is 23.2 Å². The Balaban J connectivity index is 1.48. The monoisotopic (exact) mass is 498 g/mol. The lowest BCUT2D eigenvalue weighted by Gasteiger charge is -2.38. The highest BCUT2D eigenvalue weighted by Gasteiger charge is 2.39. The number of benzene rings is 3. The van der Waals surface area contributed by atoms with Crippen molar-refractivity contribution in [3.8, 4) is 0 Å². The van der Waals surface area contributed by atoms with Gasteiger partial charge in [0.15, 0.2) is 0 Å². The predicted octanol–water partition coefficient (Wildman–Crippen LogP) is 6.64. The zero-order valence-electron chi connectivity index (χ0n) is 18.1. The third-order valence-corrected chi connectivity index (χ3v) is 8.95. The van der Waals surface area contributed by atoms with Gasteiger partial charge >= 0.3 is 0 Å². The number of nitrogens with zero attached hydrogens (tertiary/aromatic N) is 1. The summed E-state index contributed by atoms with van der Waals surface area (Å²) in [5.41, 5.74) is 3.89. The van der Waals surface area contributed by atoms with Crippen LogP contribution in [0.3, 0.4) is 0 Å². The van der Waals surface area contributed by atoms with Crippen LogP contribution in [0.1, 0.15) is 35.1 Å². The van der Waals surface area contributed by atoms with E-state index >= 15 is 0 Å². The molecule has 0 saturated carbocycles. The van der Waals surface area contributed by atoms with Gasteiger partial charge in [-0.25, -0.2) is 8.42 Å². The van der Waals surface area contributed by atoms with Crippen LogP contribution in [0.2, 0.25) is 10.0 Å². The Hall–Kier alpha value is -2.31. The number of rotatable bonds is 5. The number of anilines is 1. The van der Waals surface area contributed by atoms with Crippen LogP contribution in [-0.2, 0) is 16.6 Å². The van der Waals surface area contributed by atoms with Crippen LogP contribution in [0.5, 0.6) is 0 Å². The Morgan fingerprint density at radius 2 is 1.79 bits per heavy atom. The van der Waals surface area contributed by atoms with E-state index in [4.69, 9.17) is 23.2 Å². The summed E-state index contributed by atoms with van der Waals surface area (Å²) in [6.07, 6.45) is 5.25. The van der Waals surface area contributed by atoms with Gasteiger partial charge in [-0.15, -0.1) is 0 Å². The molecule has 0 spiro atoms. The molecule has 2 aliphatic rings. The van der Waals surface area contributed by atoms with Gasteiger partial charge in [-0.2, -0.15) is 4.31 Å². The minimum absolute atomic E-state index is 0.0190. The highest BCUT2D eigenvalue weighted by Crippen LogP contribution is 2.51. The first-order chi connectivity index (χ1) is 15.8. The second-order valence-electron chi connectivity index (χ2n) is 8.64. The van der Waals surface area contributed by atoms with Gasteiger partial charge in [0, 0.05) is 35.2 Å². The van der Waals surface area contributed by atoms with E-state index in [1.54, 1.807) is 19.2 Å². The molecule has 3 aromatic carbocycles. The largest absolute Gasteiger partial charge is 0.378 e. The number of halogens is 2. The lowest BCUT2D eigenvalue weighted by molar-refractivity contribution is 0.424. The third-order valence-electron chi connectivity index (χ3n) is 6.59. The fourth-order valence-corrected chi connectivity index (χ4v) is 6.62. The van der Waals surface area contributed by atoms with Gasteiger partial charge in [-0.1, -0.05) is 71.8 Å². The summed E-state index contributed by atoms with van der Waals surface area (Å²) >= 11 is 12.6. The van der Waals surface area contributed by atoms with Crippen LogP contribution in [0.25, 0.3) is 0 Å². The fourth-order valence-electron chi connectivity index (χ4n) is 4.90. The van der Waals surface area contributed by atoms with E-state index < -0.39 is 10.0 Å². The Labute approximate surface area is 204 Å². The molecule has 7 heteroatoms. The van der Waals surface area contributed by atoms with Crippen LogP contribution in [-0.4, -0.2) is 19.8 Å². The van der Waals surface area contributed by atoms with E-state index in [9.17, 15) is 8.42 Å². The van der Waals surface area contributed by atoms with E-state index in [0.29, 0.717) is 21.5 Å². The number of hydrogen-bond acceptors (Lipinski definition) is 3. The van der Waals surface area contributed by atoms with Crippen molar-refractivity contribution in [2.75, 3.05) is 12.4 Å². The van der Waals surface area contributed by atoms with Crippen LogP contribution < -0.4 is 5.32 Å². The number of sulfonamides is 1. The Morgan fingerprint density at radius 1 is 1.00 bits per heavy atom. The first-order valence-electron chi connectivity index (χ1n) is 10.9. The summed E-state index contributed by atoms with van der Waals surface area (Å²) in [7, 11) is -2.01. The minimum atomic E-state index is -3.63. The molecule has 170 valence electrons. The van der Waals surface area contributed by atoms with Gasteiger partial charge in [-0.05, 0) is 59.4 Å². The van der Waals surface area contributed by atoms with E-state index in [-0.39, 0.29) is 17.9 Å². The molecule has 5 rings (SSSR count). The zero-order chi connectivity index (χ0) is 23.2. The van der Waals surface area contributed by atoms with E-state index in [1.807, 2.05) is 54.6 Å². The van der Waals surface area contributed by atoms with Gasteiger partial charge in [0.05, 0.1) is 10.9 Å². The highest BCUT2D eigenvalue weighted by molar-refractivity contribution is 7.89. The molecule has 1 aliphatic carbocycles. The van der Waals surface area contributed by atoms with Gasteiger partial charge in [-0.3, -0.25) is 0 Å². The zero-order valence-corrected chi connectivity index (χ0v) is 20.4. The highest BCUT2D eigenvalue weighted by atomic mass is 35.5. The molecule has 1 aliphatic heterocycles. The summed E-state index contributed by atoms with van der Waals surface area (Å²) in [5.74, 6) is 0.365. The van der Waals surface area contributed by atoms with Gasteiger partial charge < -0.3 is 5.32 Å². The Morgan fingerprint density at radius 3 is 2.55 bits per heavy atom. The topological polar surface area (TPSA) is 49.4 Å². The quantitative estimate of drug-likeness (QED) is 0.401. The standard InChI is InChI=1S/C26H24Cl2N2O2S/c1-30(16-17-6-3-2-4-7-17)33(31,32)19-11-13-25-23(15-19)20-8-5-9-21(20)26(29-25)22-12-10-18(27)14-24(22)28/h2-8,10-15,20-21,26,29H,9,16H2,1H3. The molecular formula is C26H24Cl2N2O2S. The fraction of sp³-hybridized carbons (Fsp3) is 0.231. The van der Waals surface area contributed by atoms with Crippen molar-refractivity contribution in [3.63, 3.8) is 0 Å². The molecule has 3 unspecified atom stereocenters. The Bertz CT molecular complexity index is 1330. The van der Waals surface area contributed by atoms with Gasteiger partial charge in [0.1, 0.15) is 0 Å². The molecular weight excluding hydrogens is 475 g/mol. The molecule has 3 atom stereocenters. The summed E-state index contributed by atoms with van der Waals surface area (Å²) < 4.78 is 28.1. The van der Waals surface area contributed by atoms with Crippen molar-refractivity contribution >= 4 is 38.9 Å². The number of nitrogens with one attached hydrogen (secondary N) is 1. The third kappa shape index (κ3) is 4.19. The normalized spacial score (nSPS) is 21.5. The molecule has 0 saturated heterocycles. The average Bonchev–Trinajstić information content (AvgIpc) is 3.29. The molecule has 4 nitrogen and oxygen atoms in total. The average molecular weight is 499 g/mol. The molecule has 3 aromatic rings. The first-order valence-corrected chi connectivity index (χ1v) is 13.1. The van der Waals surface area contributed by atoms with Crippen LogP contribution in [0.4, 0.5) is 5.69 Å². The molecule has 0 radical (unpaired) electrons. The lowest BCUT2D eigenvalue weighted by Crippen LogP contribution is -2.30. The minimum Gasteiger partial charge on any atom is -0.378 e. The summed E-state index contributed by atoms with van der Waals surface area (Å²) in [6, 6.07) is 20.6. The van der Waals surface area contributed by atoms with Gasteiger partial charge in [0.2, 0.25) is 10.0 Å². The van der Waals surface area contributed by atoms with Crippen molar-refractivity contribution in [3.05, 3.63) is 106 Å². The second kappa shape index (κ2) is 8.80. The maximum atomic E-state index is 13.3. The number of allylic oxidation sites excluding steroid dienone is 2. The SMILES string of the molecule is CN(Cc1ccccc1)S(=O)(=O)c1ccc2c(c1)C1C=CCC1C(c1ccc(Cl)cc1Cl)N2. The van der Waals surface area contributed by atoms with E-state index in [1.165, 1.54) is 4.31 Å². The molecule has 33 heavy (non-hydrogen) atoms. The smallest absolute Gasteiger partial charge is 0.243 e. The van der Waals surface area contributed by atoms with Gasteiger partial charge in [0.25, 0.3) is 0 Å². The maximum absolute atomic E-state index is 13.3. The van der Waals surface area contributed by atoms with Crippen molar-refractivity contribution in [2.45, 2.75) is 29.8 Å². The second-order valence-corrected chi connectivity index (χ2v) is 11.5. The molecule has 0 fully saturated rings. The van der Waals surface area contributed by atoms with Crippen molar-refractivity contribution < 1.29 is 8.42 Å². The van der Waals surface area contributed by atoms with Crippen molar-refractivity contribution in [1.29, 1.82) is 0 Å². The molecule has 1 N–H and O–H groups in total. The first kappa shape index (κ1) is 22.5. The number of hydrogen-bond donors (Lipinski definition) is 1. The van der Waals surface area contributed by atoms with Crippen molar-refractivity contribution in [1.82, 2.24) is 4.31 Å². The summed E-state index contributed by atoms with van der Waals surface area (Å²) in [5, 5.41) is 4.86. The molecule has 0 aromatic heterocycles. The molecule has 1 heterocycles. The summed E-state index contributed by atoms with van der Waals surface area (Å²) in [4.78, 5) is 0.309. The van der Waals surface area contributed by atoms with E-state index in [2.05, 4.69) is 17.5 Å². The predicted molar refractivity (Wildman–Crippen MR) is 134 cm³/mol. The Kier molecular flexibility index (Phi) is 6.00. The number of fused-ring (bicyclic) bond motifs is 3. The van der Waals surface area contributed by atoms with E-state index in [0.717, 1.165) is 28.8 Å². The lowest BCUT2D eigenvalue weighted by atomic mass is 9.77.